The van der Waals surface area contributed by atoms with Crippen molar-refractivity contribution < 1.29 is 18.0 Å². The number of carbonyl (C=O) groups excluding carboxylic acids is 1. The summed E-state index contributed by atoms with van der Waals surface area (Å²) in [5, 5.41) is 8.18. The molecule has 0 aromatic heterocycles. The molecule has 0 bridgehead atoms. The number of amides is 1. The van der Waals surface area contributed by atoms with Crippen LogP contribution in [0.1, 0.15) is 17.0 Å². The molecular formula is C22H19F3N2O. The molecular weight excluding hydrogens is 365 g/mol. The summed E-state index contributed by atoms with van der Waals surface area (Å²) in [6.45, 7) is 1.04. The Bertz CT molecular complexity index is 993. The first kappa shape index (κ1) is 18.5. The van der Waals surface area contributed by atoms with Crippen LogP contribution in [0, 0.1) is 5.92 Å². The first-order chi connectivity index (χ1) is 13.4. The van der Waals surface area contributed by atoms with Gasteiger partial charge in [-0.2, -0.15) is 13.2 Å². The summed E-state index contributed by atoms with van der Waals surface area (Å²) >= 11 is 0. The Kier molecular flexibility index (Phi) is 4.81. The van der Waals surface area contributed by atoms with E-state index in [1.54, 1.807) is 0 Å². The molecule has 144 valence electrons. The maximum absolute atomic E-state index is 12.9. The molecule has 3 aromatic rings. The van der Waals surface area contributed by atoms with E-state index in [0.717, 1.165) is 34.2 Å². The molecule has 1 aliphatic rings. The molecule has 2 atom stereocenters. The first-order valence-corrected chi connectivity index (χ1v) is 9.10. The Morgan fingerprint density at radius 3 is 2.39 bits per heavy atom. The Balaban J connectivity index is 1.55. The Morgan fingerprint density at radius 2 is 1.64 bits per heavy atom. The zero-order valence-electron chi connectivity index (χ0n) is 15.0. The van der Waals surface area contributed by atoms with Crippen LogP contribution in [0.4, 0.5) is 18.9 Å². The van der Waals surface area contributed by atoms with Gasteiger partial charge in [0, 0.05) is 30.1 Å². The van der Waals surface area contributed by atoms with Crippen molar-refractivity contribution in [2.75, 3.05) is 18.4 Å². The van der Waals surface area contributed by atoms with Crippen molar-refractivity contribution in [3.63, 3.8) is 0 Å². The molecule has 1 saturated heterocycles. The lowest BCUT2D eigenvalue weighted by Gasteiger charge is -2.20. The third-order valence-corrected chi connectivity index (χ3v) is 5.26. The van der Waals surface area contributed by atoms with Crippen LogP contribution in [0.25, 0.3) is 10.8 Å². The Labute approximate surface area is 160 Å². The summed E-state index contributed by atoms with van der Waals surface area (Å²) in [5.74, 6) is -0.654. The number of rotatable bonds is 3. The molecule has 6 heteroatoms. The number of carbonyl (C=O) groups is 1. The van der Waals surface area contributed by atoms with E-state index < -0.39 is 11.7 Å². The third kappa shape index (κ3) is 3.60. The monoisotopic (exact) mass is 384 g/mol. The van der Waals surface area contributed by atoms with E-state index >= 15 is 0 Å². The second-order valence-electron chi connectivity index (χ2n) is 7.01. The van der Waals surface area contributed by atoms with Crippen molar-refractivity contribution in [2.24, 2.45) is 5.92 Å². The van der Waals surface area contributed by atoms with Gasteiger partial charge in [-0.1, -0.05) is 48.5 Å². The van der Waals surface area contributed by atoms with E-state index in [2.05, 4.69) is 10.6 Å². The summed E-state index contributed by atoms with van der Waals surface area (Å²) in [6, 6.07) is 18.6. The summed E-state index contributed by atoms with van der Waals surface area (Å²) < 4.78 is 38.4. The van der Waals surface area contributed by atoms with Gasteiger partial charge in [0.15, 0.2) is 0 Å². The Hall–Kier alpha value is -2.86. The standard InChI is InChI=1S/C22H19F3N2O/c23-22(24,25)16-10-8-15(9-11-16)18-12-26-13-19(18)21(28)27-20-7-3-5-14-4-1-2-6-17(14)20/h1-11,18-19,26H,12-13H2,(H,27,28)/t18-,19+/m1/s1. The van der Waals surface area contributed by atoms with Crippen LogP contribution in [0.2, 0.25) is 0 Å². The largest absolute Gasteiger partial charge is 0.416 e. The molecule has 0 aliphatic carbocycles. The number of fused-ring (bicyclic) bond motifs is 1. The van der Waals surface area contributed by atoms with Crippen molar-refractivity contribution >= 4 is 22.4 Å². The average Bonchev–Trinajstić information content (AvgIpc) is 3.18. The molecule has 4 rings (SSSR count). The van der Waals surface area contributed by atoms with Gasteiger partial charge in [0.25, 0.3) is 0 Å². The fourth-order valence-electron chi connectivity index (χ4n) is 3.78. The third-order valence-electron chi connectivity index (χ3n) is 5.26. The quantitative estimate of drug-likeness (QED) is 0.681. The van der Waals surface area contributed by atoms with Crippen LogP contribution in [0.5, 0.6) is 0 Å². The zero-order valence-corrected chi connectivity index (χ0v) is 15.0. The highest BCUT2D eigenvalue weighted by molar-refractivity contribution is 6.03. The minimum atomic E-state index is -4.36. The lowest BCUT2D eigenvalue weighted by atomic mass is 9.87. The highest BCUT2D eigenvalue weighted by Crippen LogP contribution is 2.34. The molecule has 0 saturated carbocycles. The fourth-order valence-corrected chi connectivity index (χ4v) is 3.78. The van der Waals surface area contributed by atoms with E-state index in [1.807, 2.05) is 42.5 Å². The van der Waals surface area contributed by atoms with Gasteiger partial charge in [-0.05, 0) is 29.1 Å². The van der Waals surface area contributed by atoms with Crippen molar-refractivity contribution in [3.8, 4) is 0 Å². The SMILES string of the molecule is O=C(Nc1cccc2ccccc12)[C@H]1CNC[C@@H]1c1ccc(C(F)(F)F)cc1. The lowest BCUT2D eigenvalue weighted by molar-refractivity contribution is -0.137. The summed E-state index contributed by atoms with van der Waals surface area (Å²) in [7, 11) is 0. The van der Waals surface area contributed by atoms with Crippen LogP contribution < -0.4 is 10.6 Å². The predicted molar refractivity (Wildman–Crippen MR) is 103 cm³/mol. The van der Waals surface area contributed by atoms with Gasteiger partial charge in [-0.15, -0.1) is 0 Å². The number of hydrogen-bond donors (Lipinski definition) is 2. The van der Waals surface area contributed by atoms with Crippen molar-refractivity contribution in [3.05, 3.63) is 77.9 Å². The molecule has 3 nitrogen and oxygen atoms in total. The second kappa shape index (κ2) is 7.28. The maximum Gasteiger partial charge on any atom is 0.416 e. The number of alkyl halides is 3. The van der Waals surface area contributed by atoms with E-state index in [9.17, 15) is 18.0 Å². The smallest absolute Gasteiger partial charge is 0.325 e. The van der Waals surface area contributed by atoms with Crippen LogP contribution >= 0.6 is 0 Å². The highest BCUT2D eigenvalue weighted by Gasteiger charge is 2.35. The van der Waals surface area contributed by atoms with Crippen LogP contribution in [-0.4, -0.2) is 19.0 Å². The van der Waals surface area contributed by atoms with E-state index in [1.165, 1.54) is 12.1 Å². The van der Waals surface area contributed by atoms with Crippen LogP contribution in [-0.2, 0) is 11.0 Å². The van der Waals surface area contributed by atoms with Gasteiger partial charge in [-0.25, -0.2) is 0 Å². The molecule has 1 fully saturated rings. The van der Waals surface area contributed by atoms with Gasteiger partial charge in [0.2, 0.25) is 5.91 Å². The van der Waals surface area contributed by atoms with E-state index in [4.69, 9.17) is 0 Å². The summed E-state index contributed by atoms with van der Waals surface area (Å²) in [5.41, 5.74) is 0.788. The average molecular weight is 384 g/mol. The topological polar surface area (TPSA) is 41.1 Å². The second-order valence-corrected chi connectivity index (χ2v) is 7.01. The van der Waals surface area contributed by atoms with Gasteiger partial charge in [0.05, 0.1) is 11.5 Å². The lowest BCUT2D eigenvalue weighted by Crippen LogP contribution is -2.28. The van der Waals surface area contributed by atoms with Gasteiger partial charge < -0.3 is 10.6 Å². The summed E-state index contributed by atoms with van der Waals surface area (Å²) in [6.07, 6.45) is -4.36. The maximum atomic E-state index is 12.9. The van der Waals surface area contributed by atoms with E-state index in [0.29, 0.717) is 13.1 Å². The van der Waals surface area contributed by atoms with Crippen molar-refractivity contribution in [2.45, 2.75) is 12.1 Å². The number of halogens is 3. The molecule has 1 amide bonds. The molecule has 1 heterocycles. The molecule has 28 heavy (non-hydrogen) atoms. The van der Waals surface area contributed by atoms with Crippen molar-refractivity contribution in [1.82, 2.24) is 5.32 Å². The van der Waals surface area contributed by atoms with Gasteiger partial charge in [0.1, 0.15) is 0 Å². The minimum absolute atomic E-state index is 0.133. The summed E-state index contributed by atoms with van der Waals surface area (Å²) in [4.78, 5) is 12.9. The van der Waals surface area contributed by atoms with E-state index in [-0.39, 0.29) is 17.7 Å². The van der Waals surface area contributed by atoms with Crippen LogP contribution in [0.3, 0.4) is 0 Å². The molecule has 0 radical (unpaired) electrons. The molecule has 0 unspecified atom stereocenters. The molecule has 3 aromatic carbocycles. The predicted octanol–water partition coefficient (Wildman–Crippen LogP) is 4.80. The number of nitrogens with one attached hydrogen (secondary N) is 2. The van der Waals surface area contributed by atoms with Crippen LogP contribution in [0.15, 0.2) is 66.7 Å². The number of hydrogen-bond acceptors (Lipinski definition) is 2. The Morgan fingerprint density at radius 1 is 0.929 bits per heavy atom. The van der Waals surface area contributed by atoms with Crippen molar-refractivity contribution in [1.29, 1.82) is 0 Å². The number of anilines is 1. The highest BCUT2D eigenvalue weighted by atomic mass is 19.4. The molecule has 0 spiro atoms. The normalized spacial score (nSPS) is 19.7. The first-order valence-electron chi connectivity index (χ1n) is 9.10. The molecule has 1 aliphatic heterocycles. The molecule has 2 N–H and O–H groups in total. The fraction of sp³-hybridized carbons (Fsp3) is 0.227. The van der Waals surface area contributed by atoms with Gasteiger partial charge in [-0.3, -0.25) is 4.79 Å². The number of benzene rings is 3. The minimum Gasteiger partial charge on any atom is -0.325 e. The van der Waals surface area contributed by atoms with Gasteiger partial charge >= 0.3 is 6.18 Å². The zero-order chi connectivity index (χ0) is 19.7.